The maximum atomic E-state index is 14.3. The number of amides is 2. The van der Waals surface area contributed by atoms with Gasteiger partial charge in [-0.1, -0.05) is 20.6 Å². The summed E-state index contributed by atoms with van der Waals surface area (Å²) >= 11 is 0. The molecular weight excluding hydrogens is 2200 g/mol. The summed E-state index contributed by atoms with van der Waals surface area (Å²) in [5, 5.41) is 378. The first-order chi connectivity index (χ1) is 69.5. The van der Waals surface area contributed by atoms with E-state index in [0.29, 0.717) is 24.9 Å². The Morgan fingerprint density at radius 2 is 0.483 bits per heavy atom. The van der Waals surface area contributed by atoms with Gasteiger partial charge in [-0.05, 0) is 0 Å². The van der Waals surface area contributed by atoms with E-state index in [1.165, 1.54) is 0 Å². The number of ether oxygens (including phenoxy) is 12. The number of aliphatic carboxylic acids is 3. The van der Waals surface area contributed by atoms with Gasteiger partial charge in [-0.3, -0.25) is 24.3 Å². The number of carbonyl (C=O) groups excluding carboxylic acids is 9. The number of carbonyl (C=O) groups is 9. The van der Waals surface area contributed by atoms with Crippen LogP contribution in [-0.2, 0) is 119 Å². The third kappa shape index (κ3) is 45.9. The molecule has 4 fully saturated rings. The van der Waals surface area contributed by atoms with Crippen LogP contribution in [0.25, 0.3) is 0 Å². The summed E-state index contributed by atoms with van der Waals surface area (Å²) in [5.74, 6) is -13.1. The number of esters is 4. The molecule has 0 aliphatic carbocycles. The molecular formula is C78H132GdN9O61. The van der Waals surface area contributed by atoms with Crippen molar-refractivity contribution in [3.8, 4) is 0 Å². The van der Waals surface area contributed by atoms with E-state index in [1.54, 1.807) is 0 Å². The Balaban J connectivity index is 0.0000375. The second-order valence-corrected chi connectivity index (χ2v) is 32.7. The minimum atomic E-state index is -2.32. The summed E-state index contributed by atoms with van der Waals surface area (Å²) in [7, 11) is 0. The minimum Gasteiger partial charge on any atom is -0.549 e. The van der Waals surface area contributed by atoms with Crippen LogP contribution in [-0.4, -0.2) is 683 Å². The fraction of sp³-hybridized carbons (Fsp3) is 0.833. The van der Waals surface area contributed by atoms with Gasteiger partial charge in [0, 0.05) is 45.8 Å². The van der Waals surface area contributed by atoms with Crippen LogP contribution in [0, 0.1) is 39.9 Å². The summed E-state index contributed by atoms with van der Waals surface area (Å²) < 4.78 is 62.4. The molecule has 0 saturated carbocycles. The van der Waals surface area contributed by atoms with Gasteiger partial charge in [0.05, 0.1) is 135 Å². The van der Waals surface area contributed by atoms with E-state index in [4.69, 9.17) is 76.2 Å². The van der Waals surface area contributed by atoms with Gasteiger partial charge in [0.25, 0.3) is 0 Å². The average Bonchev–Trinajstić information content (AvgIpc) is 0.814. The predicted molar refractivity (Wildman–Crippen MR) is 458 cm³/mol. The zero-order chi connectivity index (χ0) is 110. The van der Waals surface area contributed by atoms with Gasteiger partial charge in [-0.15, -0.1) is 0 Å². The molecule has 0 aromatic rings. The summed E-state index contributed by atoms with van der Waals surface area (Å²) in [6, 6.07) is 0. The van der Waals surface area contributed by atoms with Crippen LogP contribution in [0.5, 0.6) is 0 Å². The molecule has 0 aromatic carbocycles. The van der Waals surface area contributed by atoms with Crippen molar-refractivity contribution in [3.05, 3.63) is 0 Å². The van der Waals surface area contributed by atoms with E-state index in [1.807, 2.05) is 0 Å². The zero-order valence-electron chi connectivity index (χ0n) is 78.7. The number of hydrogen-bond acceptors (Lipinski definition) is 67. The van der Waals surface area contributed by atoms with Gasteiger partial charge >= 0.3 is 63.8 Å². The molecule has 1 radical (unpaired) electrons. The number of aliphatic hydroxyl groups is 32. The van der Waals surface area contributed by atoms with Gasteiger partial charge in [-0.25, -0.2) is 19.2 Å². The van der Waals surface area contributed by atoms with Crippen molar-refractivity contribution >= 4 is 78.5 Å². The smallest absolute Gasteiger partial charge is 0.549 e. The SMILES string of the molecule is O.O=C([O-])CN(CCN(CC(=O)[O-])CC(=O)N(CCOC(=O)CO/N=C\[C@@H](O)[C@H](O)[C@@H](O[C@@H]1O[C@H](CO)[C@H](O)[C@H](O)[C@H]1O)[C@@H](O)CO)CCOC(=O)CO/N=C\[C@@H](O)[C@H](O)[C@@H](O[C@@H]1O[C@H](CO)[C@H](O)[C@H](O)[C@H]1O)[C@@H](O)CO)CCN(CC(=O)[O-])CC(=O)N(CCOC(=O)CO/N=C/[C@@H](O)[C@H](O)[C@@H](O[C@@H]1O[C@H](CO)[C@H](O)[C@H](O)[C@H]1O)[C@@H](O)CO)CCOC(=O)CO/N=C/[C@@H](O)[C@H](O)[C@@H](O[C@@H]1O[C@H](CO)[C@H](O)[C@H](O)[C@H]1O)[C@@H](O)CO.[Gd+3]. The van der Waals surface area contributed by atoms with Crippen molar-refractivity contribution in [1.29, 1.82) is 0 Å². The molecule has 0 aromatic heterocycles. The molecule has 2 amide bonds. The first kappa shape index (κ1) is 138. The number of oxime groups is 4. The summed E-state index contributed by atoms with van der Waals surface area (Å²) in [6.07, 6.45) is -71.8. The molecule has 149 heavy (non-hydrogen) atoms. The van der Waals surface area contributed by atoms with Crippen molar-refractivity contribution in [2.75, 3.05) is 191 Å². The standard InChI is InChI=1S/C78H133N9O60.Gd.H2O/c88-22-38(100)71(144-75-67(128)63(124)59(120)42(26-92)140-75)55(116)34(96)13-79-136-30-51(112)132-9-5-86(6-10-133-52(113)31-137-80-14-35(97)56(117)72(39(101)23-89)145-76-68(129)64(125)60(121)43(27-93)141-76)46(104)17-84(20-49(108)109)3-1-83(19-48(106)107)2-4-85(21-50(110)111)18-47(105)87(7-11-134-53(114)32-138-81-15-36(98)57(118)73(40(102)24-90)146-77-69(130)65(126)61(122)44(28-94)142-77)8-12-135-54(115)33-139-82-16-37(99)58(119)74(41(103)25-91)147-78-70(131)66(127)62(123)45(29-95)143-78;;/h13-16,34-45,55-78,88-103,116-131H,1-12,17-33H2,(H,106,107)(H,108,109)(H,110,111);;1H2/q;+3;/p-3/b79-13-,80-14-,81-15+,82-16+;;/t34-,35-,36-,37-,38+,39+,40+,41+,42-,43-,44-,45-,55+,56+,57+,58+,59+,60+,61+,62+,63+,64+,65+,66+,67-,68-,69-,70-,71+,72+,73+,74+,75+,76+,77+,78+;;/m1../s1. The number of carboxylic acid groups (broad SMARTS) is 3. The van der Waals surface area contributed by atoms with Crippen LogP contribution >= 0.6 is 0 Å². The Morgan fingerprint density at radius 3 is 0.671 bits per heavy atom. The van der Waals surface area contributed by atoms with Crippen molar-refractivity contribution in [1.82, 2.24) is 24.5 Å². The third-order valence-electron chi connectivity index (χ3n) is 21.9. The van der Waals surface area contributed by atoms with Gasteiger partial charge in [0.2, 0.25) is 38.2 Å². The zero-order valence-corrected chi connectivity index (χ0v) is 81.0. The maximum absolute atomic E-state index is 14.3. The quantitative estimate of drug-likeness (QED) is 0.0116. The Hall–Kier alpha value is -7.33. The molecule has 71 heteroatoms. The fourth-order valence-corrected chi connectivity index (χ4v) is 13.6. The molecule has 863 valence electrons. The molecule has 34 N–H and O–H groups in total. The van der Waals surface area contributed by atoms with Crippen LogP contribution in [0.1, 0.15) is 0 Å². The number of nitrogens with zero attached hydrogens (tertiary/aromatic N) is 9. The van der Waals surface area contributed by atoms with Crippen molar-refractivity contribution in [2.24, 2.45) is 20.6 Å². The van der Waals surface area contributed by atoms with E-state index in [-0.39, 0.29) is 45.4 Å². The number of hydrogen-bond donors (Lipinski definition) is 32. The van der Waals surface area contributed by atoms with E-state index in [2.05, 4.69) is 20.6 Å². The van der Waals surface area contributed by atoms with Crippen LogP contribution in [0.2, 0.25) is 0 Å². The van der Waals surface area contributed by atoms with Crippen LogP contribution in [0.15, 0.2) is 20.6 Å². The summed E-state index contributed by atoms with van der Waals surface area (Å²) in [6.45, 7) is -27.2. The molecule has 4 heterocycles. The molecule has 0 bridgehead atoms. The third-order valence-corrected chi connectivity index (χ3v) is 21.9. The van der Waals surface area contributed by atoms with Crippen LogP contribution in [0.4, 0.5) is 0 Å². The Labute approximate surface area is 874 Å². The van der Waals surface area contributed by atoms with Crippen molar-refractivity contribution in [3.63, 3.8) is 0 Å². The fourth-order valence-electron chi connectivity index (χ4n) is 13.6. The molecule has 4 aliphatic heterocycles. The van der Waals surface area contributed by atoms with Gasteiger partial charge in [0.1, 0.15) is 222 Å². The van der Waals surface area contributed by atoms with E-state index < -0.39 is 465 Å². The van der Waals surface area contributed by atoms with E-state index in [0.717, 1.165) is 24.5 Å². The molecule has 4 aliphatic rings. The van der Waals surface area contributed by atoms with Gasteiger partial charge in [-0.2, -0.15) is 0 Å². The second-order valence-electron chi connectivity index (χ2n) is 32.7. The maximum Gasteiger partial charge on any atom is 3.00 e. The van der Waals surface area contributed by atoms with E-state index >= 15 is 0 Å². The Kier molecular flexibility index (Phi) is 66.3. The summed E-state index contributed by atoms with van der Waals surface area (Å²) in [5.41, 5.74) is 0. The molecule has 36 atom stereocenters. The molecule has 0 unspecified atom stereocenters. The predicted octanol–water partition coefficient (Wildman–Crippen LogP) is -30.8. The minimum absolute atomic E-state index is 0. The average molecular weight is 2330 g/mol. The monoisotopic (exact) mass is 2330 g/mol. The first-order valence-corrected chi connectivity index (χ1v) is 44.5. The topological polar surface area (TPSA) is 1110 Å². The van der Waals surface area contributed by atoms with Crippen LogP contribution in [0.3, 0.4) is 0 Å². The van der Waals surface area contributed by atoms with Gasteiger partial charge in [0.15, 0.2) is 25.2 Å². The molecule has 70 nitrogen and oxygen atoms in total. The van der Waals surface area contributed by atoms with Crippen LogP contribution < -0.4 is 15.3 Å². The van der Waals surface area contributed by atoms with Crippen molar-refractivity contribution in [2.45, 2.75) is 220 Å². The Bertz CT molecular complexity index is 3540. The molecule has 0 spiro atoms. The molecule has 4 saturated heterocycles. The first-order valence-electron chi connectivity index (χ1n) is 44.5. The summed E-state index contributed by atoms with van der Waals surface area (Å²) in [4.78, 5) is 141. The normalized spacial score (nSPS) is 27.6. The number of carboxylic acids is 3. The Morgan fingerprint density at radius 1 is 0.289 bits per heavy atom. The van der Waals surface area contributed by atoms with Gasteiger partial charge < -0.3 is 285 Å². The molecule has 4 rings (SSSR count). The number of rotatable bonds is 72. The van der Waals surface area contributed by atoms with Crippen molar-refractivity contribution < 1.29 is 343 Å². The number of aliphatic hydroxyl groups excluding tert-OH is 32. The largest absolute Gasteiger partial charge is 3.00 e. The second kappa shape index (κ2) is 71.7. The van der Waals surface area contributed by atoms with E-state index in [9.17, 15) is 222 Å².